The number of alkyl halides is 2. The van der Waals surface area contributed by atoms with Crippen molar-refractivity contribution in [2.75, 3.05) is 0 Å². The van der Waals surface area contributed by atoms with Crippen molar-refractivity contribution < 1.29 is 13.9 Å². The van der Waals surface area contributed by atoms with E-state index in [0.29, 0.717) is 0 Å². The predicted molar refractivity (Wildman–Crippen MR) is 52.0 cm³/mol. The molecule has 0 saturated heterocycles. The summed E-state index contributed by atoms with van der Waals surface area (Å²) in [5.41, 5.74) is -2.34. The molecule has 1 atom stereocenters. The third-order valence-corrected chi connectivity index (χ3v) is 2.74. The Bertz CT molecular complexity index is 340. The number of aliphatic hydroxyl groups is 1. The fourth-order valence-corrected chi connectivity index (χ4v) is 1.50. The van der Waals surface area contributed by atoms with E-state index in [2.05, 4.69) is 0 Å². The molecule has 0 aliphatic heterocycles. The Morgan fingerprint density at radius 3 is 2.43 bits per heavy atom. The molecule has 5 heteroatoms. The van der Waals surface area contributed by atoms with Gasteiger partial charge in [0.2, 0.25) is 0 Å². The summed E-state index contributed by atoms with van der Waals surface area (Å²) < 4.78 is 24.9. The van der Waals surface area contributed by atoms with E-state index in [-0.39, 0.29) is 15.6 Å². The molecule has 0 fully saturated rings. The Morgan fingerprint density at radius 1 is 1.36 bits per heavy atom. The molecule has 1 N–H and O–H groups in total. The van der Waals surface area contributed by atoms with Crippen LogP contribution in [0.5, 0.6) is 0 Å². The van der Waals surface area contributed by atoms with Gasteiger partial charge < -0.3 is 5.11 Å². The zero-order chi connectivity index (χ0) is 10.9. The van der Waals surface area contributed by atoms with E-state index in [1.807, 2.05) is 0 Å². The molecule has 1 nitrogen and oxygen atoms in total. The Labute approximate surface area is 90.3 Å². The van der Waals surface area contributed by atoms with E-state index in [4.69, 9.17) is 23.2 Å². The van der Waals surface area contributed by atoms with Gasteiger partial charge in [-0.05, 0) is 13.0 Å². The summed E-state index contributed by atoms with van der Waals surface area (Å²) in [7, 11) is 0. The second kappa shape index (κ2) is 4.01. The minimum Gasteiger partial charge on any atom is -0.379 e. The summed E-state index contributed by atoms with van der Waals surface area (Å²) in [6.45, 7) is 0.995. The molecule has 0 saturated carbocycles. The monoisotopic (exact) mass is 240 g/mol. The van der Waals surface area contributed by atoms with Gasteiger partial charge in [0, 0.05) is 5.56 Å². The highest BCUT2D eigenvalue weighted by molar-refractivity contribution is 6.42. The average Bonchev–Trinajstić information content (AvgIpc) is 2.09. The van der Waals surface area contributed by atoms with Crippen LogP contribution >= 0.6 is 23.2 Å². The molecule has 1 rings (SSSR count). The Balaban J connectivity index is 3.26. The Hall–Kier alpha value is -0.380. The first-order chi connectivity index (χ1) is 6.37. The van der Waals surface area contributed by atoms with Crippen molar-refractivity contribution in [2.24, 2.45) is 0 Å². The number of rotatable bonds is 2. The van der Waals surface area contributed by atoms with Crippen LogP contribution in [0, 0.1) is 0 Å². The summed E-state index contributed by atoms with van der Waals surface area (Å²) in [6.07, 6.45) is -2.92. The van der Waals surface area contributed by atoms with E-state index in [1.165, 1.54) is 18.2 Å². The number of hydrogen-bond acceptors (Lipinski definition) is 1. The molecule has 0 heterocycles. The van der Waals surface area contributed by atoms with E-state index in [9.17, 15) is 13.9 Å². The largest absolute Gasteiger partial charge is 0.379 e. The summed E-state index contributed by atoms with van der Waals surface area (Å²) in [5, 5.41) is 9.58. The molecule has 78 valence electrons. The topological polar surface area (TPSA) is 20.2 Å². The Morgan fingerprint density at radius 2 is 1.93 bits per heavy atom. The van der Waals surface area contributed by atoms with Crippen molar-refractivity contribution in [1.29, 1.82) is 0 Å². The van der Waals surface area contributed by atoms with E-state index in [0.717, 1.165) is 6.92 Å². The van der Waals surface area contributed by atoms with Crippen LogP contribution in [0.4, 0.5) is 8.78 Å². The Kier molecular flexibility index (Phi) is 3.35. The molecule has 14 heavy (non-hydrogen) atoms. The van der Waals surface area contributed by atoms with Gasteiger partial charge in [-0.25, -0.2) is 8.78 Å². The van der Waals surface area contributed by atoms with Gasteiger partial charge in [0.25, 0.3) is 6.43 Å². The quantitative estimate of drug-likeness (QED) is 0.840. The summed E-state index contributed by atoms with van der Waals surface area (Å²) >= 11 is 11.3. The van der Waals surface area contributed by atoms with Crippen LogP contribution < -0.4 is 0 Å². The zero-order valence-electron chi connectivity index (χ0n) is 7.27. The van der Waals surface area contributed by atoms with Crippen LogP contribution in [0.25, 0.3) is 0 Å². The normalized spacial score (nSPS) is 15.6. The second-order valence-corrected chi connectivity index (χ2v) is 3.83. The van der Waals surface area contributed by atoms with Gasteiger partial charge in [0.15, 0.2) is 0 Å². The minimum absolute atomic E-state index is 0.0422. The van der Waals surface area contributed by atoms with E-state index >= 15 is 0 Å². The summed E-state index contributed by atoms with van der Waals surface area (Å²) in [6, 6.07) is 4.25. The van der Waals surface area contributed by atoms with Crippen LogP contribution in [0.2, 0.25) is 10.0 Å². The maximum Gasteiger partial charge on any atom is 0.270 e. The second-order valence-electron chi connectivity index (χ2n) is 3.05. The molecule has 0 radical (unpaired) electrons. The van der Waals surface area contributed by atoms with Gasteiger partial charge >= 0.3 is 0 Å². The summed E-state index contributed by atoms with van der Waals surface area (Å²) in [4.78, 5) is 0. The molecular formula is C9H8Cl2F2O. The third kappa shape index (κ3) is 2.00. The first-order valence-electron chi connectivity index (χ1n) is 3.82. The standard InChI is InChI=1S/C9H8Cl2F2O/c1-9(14,8(12)13)5-3-2-4-6(10)7(5)11/h2-4,8,14H,1H3. The highest BCUT2D eigenvalue weighted by Gasteiger charge is 2.36. The van der Waals surface area contributed by atoms with Crippen molar-refractivity contribution in [1.82, 2.24) is 0 Å². The first kappa shape index (κ1) is 11.7. The van der Waals surface area contributed by atoms with Crippen LogP contribution in [0.15, 0.2) is 18.2 Å². The average molecular weight is 241 g/mol. The fraction of sp³-hybridized carbons (Fsp3) is 0.333. The lowest BCUT2D eigenvalue weighted by atomic mass is 9.97. The first-order valence-corrected chi connectivity index (χ1v) is 4.58. The van der Waals surface area contributed by atoms with Crippen molar-refractivity contribution in [3.63, 3.8) is 0 Å². The van der Waals surface area contributed by atoms with Gasteiger partial charge in [-0.1, -0.05) is 35.3 Å². The van der Waals surface area contributed by atoms with E-state index in [1.54, 1.807) is 0 Å². The zero-order valence-corrected chi connectivity index (χ0v) is 8.78. The number of hydrogen-bond donors (Lipinski definition) is 1. The van der Waals surface area contributed by atoms with Crippen molar-refractivity contribution in [2.45, 2.75) is 19.0 Å². The van der Waals surface area contributed by atoms with Crippen LogP contribution in [0.3, 0.4) is 0 Å². The lowest BCUT2D eigenvalue weighted by Crippen LogP contribution is -2.30. The summed E-state index contributed by atoms with van der Waals surface area (Å²) in [5.74, 6) is 0. The smallest absolute Gasteiger partial charge is 0.270 e. The van der Waals surface area contributed by atoms with Crippen molar-refractivity contribution in [3.8, 4) is 0 Å². The SMILES string of the molecule is CC(O)(c1cccc(Cl)c1Cl)C(F)F. The van der Waals surface area contributed by atoms with Gasteiger partial charge in [-0.15, -0.1) is 0 Å². The van der Waals surface area contributed by atoms with Gasteiger partial charge in [-0.3, -0.25) is 0 Å². The molecule has 0 bridgehead atoms. The molecule has 0 aromatic heterocycles. The van der Waals surface area contributed by atoms with Gasteiger partial charge in [0.1, 0.15) is 5.60 Å². The van der Waals surface area contributed by atoms with Crippen LogP contribution in [0.1, 0.15) is 12.5 Å². The molecule has 0 aliphatic carbocycles. The number of benzene rings is 1. The lowest BCUT2D eigenvalue weighted by Gasteiger charge is -2.24. The van der Waals surface area contributed by atoms with Crippen molar-refractivity contribution >= 4 is 23.2 Å². The molecule has 1 aromatic rings. The number of halogens is 4. The molecule has 1 aromatic carbocycles. The lowest BCUT2D eigenvalue weighted by molar-refractivity contribution is -0.0882. The highest BCUT2D eigenvalue weighted by atomic mass is 35.5. The molecule has 1 unspecified atom stereocenters. The van der Waals surface area contributed by atoms with Crippen molar-refractivity contribution in [3.05, 3.63) is 33.8 Å². The highest BCUT2D eigenvalue weighted by Crippen LogP contribution is 2.36. The fourth-order valence-electron chi connectivity index (χ4n) is 1.01. The van der Waals surface area contributed by atoms with Crippen LogP contribution in [-0.4, -0.2) is 11.5 Å². The van der Waals surface area contributed by atoms with Gasteiger partial charge in [-0.2, -0.15) is 0 Å². The van der Waals surface area contributed by atoms with Gasteiger partial charge in [0.05, 0.1) is 10.0 Å². The molecule has 0 amide bonds. The minimum atomic E-state index is -2.92. The predicted octanol–water partition coefficient (Wildman–Crippen LogP) is 3.47. The van der Waals surface area contributed by atoms with E-state index < -0.39 is 12.0 Å². The maximum absolute atomic E-state index is 12.5. The molecule has 0 spiro atoms. The maximum atomic E-state index is 12.5. The molecular weight excluding hydrogens is 233 g/mol. The van der Waals surface area contributed by atoms with Crippen LogP contribution in [-0.2, 0) is 5.60 Å². The third-order valence-electron chi connectivity index (χ3n) is 1.92. The molecule has 0 aliphatic rings.